The normalized spacial score (nSPS) is 10.5. The minimum absolute atomic E-state index is 0.257. The molecule has 0 aliphatic carbocycles. The number of hydrogen-bond acceptors (Lipinski definition) is 8. The van der Waals surface area contributed by atoms with Crippen LogP contribution in [-0.4, -0.2) is 50.3 Å². The summed E-state index contributed by atoms with van der Waals surface area (Å²) in [7, 11) is 0. The lowest BCUT2D eigenvalue weighted by atomic mass is 10.1. The fourth-order valence-corrected chi connectivity index (χ4v) is 3.69. The molecule has 0 N–H and O–H groups in total. The molecule has 0 saturated carbocycles. The highest BCUT2D eigenvalue weighted by Gasteiger charge is 2.20. The second-order valence-corrected chi connectivity index (χ2v) is 10.7. The Morgan fingerprint density at radius 3 is 1.00 bits per heavy atom. The molecule has 0 bridgehead atoms. The summed E-state index contributed by atoms with van der Waals surface area (Å²) in [5.41, 5.74) is 1.06. The van der Waals surface area contributed by atoms with Gasteiger partial charge in [0.1, 0.15) is 0 Å². The van der Waals surface area contributed by atoms with E-state index in [-0.39, 0.29) is 22.3 Å². The molecule has 0 heterocycles. The van der Waals surface area contributed by atoms with Gasteiger partial charge in [0.05, 0.1) is 48.7 Å². The van der Waals surface area contributed by atoms with Crippen molar-refractivity contribution >= 4 is 23.9 Å². The molecule has 0 radical (unpaired) electrons. The van der Waals surface area contributed by atoms with Gasteiger partial charge in [0.2, 0.25) is 0 Å². The Bertz CT molecular complexity index is 1020. The van der Waals surface area contributed by atoms with E-state index in [2.05, 4.69) is 27.7 Å². The molecule has 0 spiro atoms. The molecule has 0 fully saturated rings. The summed E-state index contributed by atoms with van der Waals surface area (Å²) in [5.74, 6) is -0.739. The third-order valence-electron chi connectivity index (χ3n) is 5.93. The minimum atomic E-state index is -0.485. The van der Waals surface area contributed by atoms with E-state index in [0.717, 1.165) is 38.5 Å². The van der Waals surface area contributed by atoms with Crippen molar-refractivity contribution in [2.24, 2.45) is 11.8 Å². The maximum atomic E-state index is 12.2. The van der Waals surface area contributed by atoms with Gasteiger partial charge in [-0.05, 0) is 74.6 Å². The van der Waals surface area contributed by atoms with Crippen molar-refractivity contribution in [3.8, 4) is 0 Å². The highest BCUT2D eigenvalue weighted by molar-refractivity contribution is 6.03. The lowest BCUT2D eigenvalue weighted by Gasteiger charge is -2.11. The Labute approximate surface area is 251 Å². The fourth-order valence-electron chi connectivity index (χ4n) is 3.69. The van der Waals surface area contributed by atoms with Crippen LogP contribution in [0.25, 0.3) is 0 Å². The lowest BCUT2D eigenvalue weighted by Crippen LogP contribution is -2.15. The number of carbonyl (C=O) groups is 4. The topological polar surface area (TPSA) is 105 Å². The van der Waals surface area contributed by atoms with Gasteiger partial charge in [-0.1, -0.05) is 65.8 Å². The summed E-state index contributed by atoms with van der Waals surface area (Å²) in [6.07, 6.45) is 5.15. The van der Waals surface area contributed by atoms with E-state index in [1.54, 1.807) is 48.5 Å². The van der Waals surface area contributed by atoms with Crippen molar-refractivity contribution in [1.29, 1.82) is 0 Å². The van der Waals surface area contributed by atoms with Gasteiger partial charge in [0.15, 0.2) is 0 Å². The van der Waals surface area contributed by atoms with Crippen LogP contribution in [0, 0.1) is 11.8 Å². The van der Waals surface area contributed by atoms with Crippen LogP contribution in [0.5, 0.6) is 0 Å². The monoisotopic (exact) mass is 584 g/mol. The standard InChI is InChI=1S/C20H30O4.C14H18O4/c1-15(2)9-7-13-23-19(21)17-11-5-6-12-18(17)20(22)24-14-8-10-16(3)4;1-3-9-17-13(15)11-7-5-6-8-12(11)14(16)18-10-4-2/h5-6,11-12,15-16H,7-10,13-14H2,1-4H3;5-8H,3-4,9-10H2,1-2H3. The molecule has 0 aromatic heterocycles. The Kier molecular flexibility index (Phi) is 18.2. The van der Waals surface area contributed by atoms with Gasteiger partial charge in [-0.15, -0.1) is 0 Å². The number of carbonyl (C=O) groups excluding carboxylic acids is 4. The number of esters is 4. The van der Waals surface area contributed by atoms with Crippen molar-refractivity contribution in [1.82, 2.24) is 0 Å². The van der Waals surface area contributed by atoms with Crippen LogP contribution >= 0.6 is 0 Å². The highest BCUT2D eigenvalue weighted by Crippen LogP contribution is 2.14. The van der Waals surface area contributed by atoms with Crippen LogP contribution in [-0.2, 0) is 18.9 Å². The Morgan fingerprint density at radius 1 is 0.500 bits per heavy atom. The molecular formula is C34H48O8. The van der Waals surface area contributed by atoms with E-state index in [9.17, 15) is 19.2 Å². The zero-order valence-corrected chi connectivity index (χ0v) is 26.1. The third kappa shape index (κ3) is 14.3. The van der Waals surface area contributed by atoms with Crippen LogP contribution in [0.4, 0.5) is 0 Å². The van der Waals surface area contributed by atoms with Crippen molar-refractivity contribution in [2.45, 2.75) is 80.1 Å². The van der Waals surface area contributed by atoms with Gasteiger partial charge >= 0.3 is 23.9 Å². The molecule has 0 amide bonds. The molecule has 42 heavy (non-hydrogen) atoms. The van der Waals surface area contributed by atoms with E-state index >= 15 is 0 Å². The first-order chi connectivity index (χ1) is 20.1. The van der Waals surface area contributed by atoms with Crippen molar-refractivity contribution in [3.05, 3.63) is 70.8 Å². The second-order valence-electron chi connectivity index (χ2n) is 10.7. The quantitative estimate of drug-likeness (QED) is 0.112. The van der Waals surface area contributed by atoms with Crippen LogP contribution < -0.4 is 0 Å². The zero-order valence-electron chi connectivity index (χ0n) is 26.1. The van der Waals surface area contributed by atoms with E-state index in [1.165, 1.54) is 0 Å². The number of rotatable bonds is 16. The molecule has 0 aliphatic heterocycles. The summed E-state index contributed by atoms with van der Waals surface area (Å²) >= 11 is 0. The largest absolute Gasteiger partial charge is 0.462 e. The van der Waals surface area contributed by atoms with Gasteiger partial charge in [-0.25, -0.2) is 19.2 Å². The molecule has 2 aromatic carbocycles. The summed E-state index contributed by atoms with van der Waals surface area (Å²) < 4.78 is 20.6. The average Bonchev–Trinajstić information content (AvgIpc) is 2.98. The maximum Gasteiger partial charge on any atom is 0.339 e. The number of hydrogen-bond donors (Lipinski definition) is 0. The van der Waals surface area contributed by atoms with Crippen molar-refractivity contribution in [2.75, 3.05) is 26.4 Å². The summed E-state index contributed by atoms with van der Waals surface area (Å²) in [5, 5.41) is 0. The molecule has 0 saturated heterocycles. The first-order valence-electron chi connectivity index (χ1n) is 15.0. The maximum absolute atomic E-state index is 12.2. The average molecular weight is 585 g/mol. The molecule has 8 heteroatoms. The Hall–Kier alpha value is -3.68. The SMILES string of the molecule is CC(C)CCCOC(=O)c1ccccc1C(=O)OCCCC(C)C.CCCOC(=O)c1ccccc1C(=O)OCCC. The molecule has 2 rings (SSSR count). The van der Waals surface area contributed by atoms with Gasteiger partial charge in [0.25, 0.3) is 0 Å². The van der Waals surface area contributed by atoms with E-state index in [1.807, 2.05) is 13.8 Å². The van der Waals surface area contributed by atoms with Gasteiger partial charge in [-0.2, -0.15) is 0 Å². The Morgan fingerprint density at radius 2 is 0.762 bits per heavy atom. The van der Waals surface area contributed by atoms with Crippen molar-refractivity contribution in [3.63, 3.8) is 0 Å². The predicted octanol–water partition coefficient (Wildman–Crippen LogP) is 7.69. The molecule has 2 aromatic rings. The number of ether oxygens (including phenoxy) is 4. The second kappa shape index (κ2) is 21.1. The van der Waals surface area contributed by atoms with Crippen LogP contribution in [0.2, 0.25) is 0 Å². The molecule has 8 nitrogen and oxygen atoms in total. The molecular weight excluding hydrogens is 536 g/mol. The summed E-state index contributed by atoms with van der Waals surface area (Å²) in [6, 6.07) is 13.2. The highest BCUT2D eigenvalue weighted by atomic mass is 16.5. The summed E-state index contributed by atoms with van der Waals surface area (Å²) in [4.78, 5) is 48.0. The molecule has 0 aliphatic rings. The van der Waals surface area contributed by atoms with Crippen LogP contribution in [0.1, 0.15) is 121 Å². The zero-order chi connectivity index (χ0) is 31.3. The fraction of sp³-hybridized carbons (Fsp3) is 0.529. The first-order valence-corrected chi connectivity index (χ1v) is 15.0. The van der Waals surface area contributed by atoms with E-state index in [0.29, 0.717) is 38.3 Å². The predicted molar refractivity (Wildman–Crippen MR) is 163 cm³/mol. The molecule has 232 valence electrons. The first kappa shape index (κ1) is 36.3. The van der Waals surface area contributed by atoms with Gasteiger partial charge < -0.3 is 18.9 Å². The van der Waals surface area contributed by atoms with E-state index in [4.69, 9.17) is 18.9 Å². The Balaban J connectivity index is 0.000000437. The minimum Gasteiger partial charge on any atom is -0.462 e. The van der Waals surface area contributed by atoms with Gasteiger partial charge in [-0.3, -0.25) is 0 Å². The molecule has 0 unspecified atom stereocenters. The lowest BCUT2D eigenvalue weighted by molar-refractivity contribution is 0.0447. The van der Waals surface area contributed by atoms with Gasteiger partial charge in [0, 0.05) is 0 Å². The van der Waals surface area contributed by atoms with E-state index < -0.39 is 23.9 Å². The number of benzene rings is 2. The van der Waals surface area contributed by atoms with Crippen LogP contribution in [0.3, 0.4) is 0 Å². The van der Waals surface area contributed by atoms with Crippen LogP contribution in [0.15, 0.2) is 48.5 Å². The third-order valence-corrected chi connectivity index (χ3v) is 5.93. The van der Waals surface area contributed by atoms with Crippen molar-refractivity contribution < 1.29 is 38.1 Å². The summed E-state index contributed by atoms with van der Waals surface area (Å²) in [6.45, 7) is 13.8. The molecule has 0 atom stereocenters. The smallest absolute Gasteiger partial charge is 0.339 e.